The maximum absolute atomic E-state index is 14.6. The molecule has 4 aromatic rings. The van der Waals surface area contributed by atoms with Crippen LogP contribution in [0, 0.1) is 26.7 Å². The number of hydrogen-bond acceptors (Lipinski definition) is 4. The molecule has 1 atom stereocenters. The molecule has 0 bridgehead atoms. The highest BCUT2D eigenvalue weighted by Gasteiger charge is 2.34. The van der Waals surface area contributed by atoms with Crippen LogP contribution in [0.5, 0.6) is 0 Å². The number of anilines is 1. The number of carbonyl (C=O) groups is 2. The van der Waals surface area contributed by atoms with Gasteiger partial charge in [0, 0.05) is 19.5 Å². The number of carbonyl (C=O) groups excluding carboxylic acids is 2. The van der Waals surface area contributed by atoms with Crippen molar-refractivity contribution in [2.24, 2.45) is 5.92 Å². The molecule has 2 amide bonds. The Labute approximate surface area is 268 Å². The Hall–Kier alpha value is -4.43. The van der Waals surface area contributed by atoms with Crippen molar-refractivity contribution in [2.45, 2.75) is 58.5 Å². The number of hydrogen-bond donors (Lipinski definition) is 1. The van der Waals surface area contributed by atoms with Crippen molar-refractivity contribution in [3.8, 4) is 0 Å². The fourth-order valence-electron chi connectivity index (χ4n) is 5.21. The molecule has 45 heavy (non-hydrogen) atoms. The van der Waals surface area contributed by atoms with Crippen LogP contribution < -0.4 is 9.62 Å². The van der Waals surface area contributed by atoms with Gasteiger partial charge in [-0.2, -0.15) is 0 Å². The highest BCUT2D eigenvalue weighted by molar-refractivity contribution is 7.92. The zero-order valence-corrected chi connectivity index (χ0v) is 27.6. The molecule has 0 spiro atoms. The molecule has 0 radical (unpaired) electrons. The van der Waals surface area contributed by atoms with Gasteiger partial charge in [-0.1, -0.05) is 98.3 Å². The van der Waals surface area contributed by atoms with Gasteiger partial charge in [0.15, 0.2) is 0 Å². The molecule has 236 valence electrons. The number of aryl methyl sites for hydroxylation is 3. The fourth-order valence-corrected chi connectivity index (χ4v) is 6.63. The first-order valence-corrected chi connectivity index (χ1v) is 16.7. The summed E-state index contributed by atoms with van der Waals surface area (Å²) in [6.45, 7) is 9.91. The predicted octanol–water partition coefficient (Wildman–Crippen LogP) is 6.22. The minimum absolute atomic E-state index is 0.0811. The lowest BCUT2D eigenvalue weighted by Gasteiger charge is -2.34. The Bertz CT molecular complexity index is 1670. The summed E-state index contributed by atoms with van der Waals surface area (Å²) in [6.07, 6.45) is 0.275. The van der Waals surface area contributed by atoms with Gasteiger partial charge in [-0.3, -0.25) is 13.9 Å². The second kappa shape index (κ2) is 15.0. The second-order valence-corrected chi connectivity index (χ2v) is 13.9. The van der Waals surface area contributed by atoms with Crippen molar-refractivity contribution in [3.05, 3.63) is 131 Å². The lowest BCUT2D eigenvalue weighted by Crippen LogP contribution is -2.53. The van der Waals surface area contributed by atoms with E-state index < -0.39 is 28.5 Å². The van der Waals surface area contributed by atoms with Crippen molar-refractivity contribution in [2.75, 3.05) is 17.4 Å². The molecule has 0 heterocycles. The molecule has 0 aliphatic heterocycles. The summed E-state index contributed by atoms with van der Waals surface area (Å²) in [5.74, 6) is -0.546. The molecule has 0 fully saturated rings. The Morgan fingerprint density at radius 3 is 1.89 bits per heavy atom. The highest BCUT2D eigenvalue weighted by atomic mass is 32.2. The van der Waals surface area contributed by atoms with Crippen LogP contribution >= 0.6 is 0 Å². The molecular formula is C37H43N3O4S. The van der Waals surface area contributed by atoms with Crippen LogP contribution in [0.25, 0.3) is 0 Å². The van der Waals surface area contributed by atoms with Gasteiger partial charge < -0.3 is 10.2 Å². The smallest absolute Gasteiger partial charge is 0.264 e. The molecule has 4 rings (SSSR count). The van der Waals surface area contributed by atoms with Gasteiger partial charge in [0.2, 0.25) is 11.8 Å². The van der Waals surface area contributed by atoms with Crippen molar-refractivity contribution >= 4 is 27.5 Å². The van der Waals surface area contributed by atoms with E-state index in [1.807, 2.05) is 95.3 Å². The molecule has 7 nitrogen and oxygen atoms in total. The zero-order valence-electron chi connectivity index (χ0n) is 26.7. The lowest BCUT2D eigenvalue weighted by molar-refractivity contribution is -0.140. The van der Waals surface area contributed by atoms with Crippen LogP contribution in [0.3, 0.4) is 0 Å². The summed E-state index contributed by atoms with van der Waals surface area (Å²) in [5.41, 5.74) is 4.94. The lowest BCUT2D eigenvalue weighted by atomic mass is 10.0. The molecule has 1 N–H and O–H groups in total. The predicted molar refractivity (Wildman–Crippen MR) is 180 cm³/mol. The molecule has 0 aliphatic carbocycles. The van der Waals surface area contributed by atoms with E-state index in [-0.39, 0.29) is 29.7 Å². The quantitative estimate of drug-likeness (QED) is 0.191. The third kappa shape index (κ3) is 9.05. The summed E-state index contributed by atoms with van der Waals surface area (Å²) in [4.78, 5) is 30.0. The highest BCUT2D eigenvalue weighted by Crippen LogP contribution is 2.27. The number of amides is 2. The van der Waals surface area contributed by atoms with Gasteiger partial charge in [-0.05, 0) is 73.2 Å². The van der Waals surface area contributed by atoms with Gasteiger partial charge in [-0.25, -0.2) is 8.42 Å². The Morgan fingerprint density at radius 2 is 1.31 bits per heavy atom. The van der Waals surface area contributed by atoms with Crippen LogP contribution in [0.2, 0.25) is 0 Å². The molecule has 0 saturated heterocycles. The van der Waals surface area contributed by atoms with Crippen molar-refractivity contribution in [1.29, 1.82) is 0 Å². The van der Waals surface area contributed by atoms with E-state index >= 15 is 0 Å². The molecule has 0 aliphatic rings. The average molecular weight is 626 g/mol. The first-order valence-electron chi connectivity index (χ1n) is 15.3. The van der Waals surface area contributed by atoms with Crippen LogP contribution in [0.4, 0.5) is 5.69 Å². The number of nitrogens with one attached hydrogen (secondary N) is 1. The molecule has 8 heteroatoms. The summed E-state index contributed by atoms with van der Waals surface area (Å²) in [6, 6.07) is 30.1. The largest absolute Gasteiger partial charge is 0.354 e. The number of rotatable bonds is 13. The van der Waals surface area contributed by atoms with Crippen LogP contribution in [0.15, 0.2) is 108 Å². The summed E-state index contributed by atoms with van der Waals surface area (Å²) >= 11 is 0. The van der Waals surface area contributed by atoms with Gasteiger partial charge in [-0.15, -0.1) is 0 Å². The van der Waals surface area contributed by atoms with E-state index in [0.29, 0.717) is 12.2 Å². The number of nitrogens with zero attached hydrogens (tertiary/aromatic N) is 2. The summed E-state index contributed by atoms with van der Waals surface area (Å²) < 4.78 is 29.5. The zero-order chi connectivity index (χ0) is 32.6. The average Bonchev–Trinajstić information content (AvgIpc) is 3.01. The maximum atomic E-state index is 14.6. The molecule has 0 saturated carbocycles. The van der Waals surface area contributed by atoms with E-state index in [1.54, 1.807) is 30.3 Å². The van der Waals surface area contributed by atoms with Crippen molar-refractivity contribution in [3.63, 3.8) is 0 Å². The Kier molecular flexibility index (Phi) is 11.2. The van der Waals surface area contributed by atoms with Crippen molar-refractivity contribution < 1.29 is 18.0 Å². The first-order chi connectivity index (χ1) is 21.4. The standard InChI is InChI=1S/C37H43N3O4S/c1-27(2)24-38-37(42)35(23-31-12-8-6-9-13-31)39(25-32-18-16-28(3)17-19-32)36(41)26-40(33-21-29(4)20-30(5)22-33)45(43,44)34-14-10-7-11-15-34/h6-22,27,35H,23-26H2,1-5H3,(H,38,42). The van der Waals surface area contributed by atoms with E-state index in [1.165, 1.54) is 21.3 Å². The summed E-state index contributed by atoms with van der Waals surface area (Å²) in [7, 11) is -4.14. The van der Waals surface area contributed by atoms with Gasteiger partial charge in [0.25, 0.3) is 10.0 Å². The van der Waals surface area contributed by atoms with Crippen LogP contribution in [-0.2, 0) is 32.6 Å². The first kappa shape index (κ1) is 33.5. The Balaban J connectivity index is 1.81. The maximum Gasteiger partial charge on any atom is 0.264 e. The SMILES string of the molecule is Cc1ccc(CN(C(=O)CN(c2cc(C)cc(C)c2)S(=O)(=O)c2ccccc2)C(Cc2ccccc2)C(=O)NCC(C)C)cc1. The molecular weight excluding hydrogens is 582 g/mol. The topological polar surface area (TPSA) is 86.8 Å². The minimum atomic E-state index is -4.14. The Morgan fingerprint density at radius 1 is 0.733 bits per heavy atom. The minimum Gasteiger partial charge on any atom is -0.354 e. The van der Waals surface area contributed by atoms with E-state index in [2.05, 4.69) is 5.32 Å². The third-order valence-corrected chi connectivity index (χ3v) is 9.32. The molecule has 1 unspecified atom stereocenters. The molecule has 0 aromatic heterocycles. The van der Waals surface area contributed by atoms with Gasteiger partial charge in [0.05, 0.1) is 10.6 Å². The fraction of sp³-hybridized carbons (Fsp3) is 0.297. The van der Waals surface area contributed by atoms with Crippen LogP contribution in [-0.4, -0.2) is 44.3 Å². The normalized spacial score (nSPS) is 12.0. The van der Waals surface area contributed by atoms with E-state index in [9.17, 15) is 18.0 Å². The summed E-state index contributed by atoms with van der Waals surface area (Å²) in [5, 5.41) is 3.02. The second-order valence-electron chi connectivity index (χ2n) is 12.0. The number of sulfonamides is 1. The monoisotopic (exact) mass is 625 g/mol. The third-order valence-electron chi connectivity index (χ3n) is 7.53. The van der Waals surface area contributed by atoms with Crippen molar-refractivity contribution in [1.82, 2.24) is 10.2 Å². The van der Waals surface area contributed by atoms with Gasteiger partial charge >= 0.3 is 0 Å². The van der Waals surface area contributed by atoms with E-state index in [4.69, 9.17) is 0 Å². The van der Waals surface area contributed by atoms with Crippen LogP contribution in [0.1, 0.15) is 41.7 Å². The van der Waals surface area contributed by atoms with Gasteiger partial charge in [0.1, 0.15) is 12.6 Å². The molecule has 4 aromatic carbocycles. The number of benzene rings is 4. The van der Waals surface area contributed by atoms with E-state index in [0.717, 1.165) is 27.8 Å².